The third kappa shape index (κ3) is 5.28. The molecule has 0 aliphatic carbocycles. The van der Waals surface area contributed by atoms with Crippen molar-refractivity contribution in [1.29, 1.82) is 0 Å². The summed E-state index contributed by atoms with van der Waals surface area (Å²) in [5.41, 5.74) is 0. The summed E-state index contributed by atoms with van der Waals surface area (Å²) in [6.45, 7) is 9.21. The van der Waals surface area contributed by atoms with Crippen LogP contribution in [0, 0.1) is 5.92 Å². The molecule has 108 valence electrons. The first-order chi connectivity index (χ1) is 8.92. The van der Waals surface area contributed by atoms with Crippen molar-refractivity contribution < 1.29 is 4.74 Å². The van der Waals surface area contributed by atoms with Gasteiger partial charge < -0.3 is 15.0 Å². The number of hydrogen-bond acceptors (Lipinski definition) is 6. The molecule has 0 saturated carbocycles. The molecule has 1 aromatic heterocycles. The number of anilines is 2. The quantitative estimate of drug-likeness (QED) is 0.817. The molecule has 0 aromatic carbocycles. The molecule has 1 rings (SSSR count). The van der Waals surface area contributed by atoms with E-state index in [0.717, 1.165) is 13.0 Å². The molecule has 0 saturated heterocycles. The summed E-state index contributed by atoms with van der Waals surface area (Å²) in [5, 5.41) is 2.93. The Balaban J connectivity index is 2.86. The molecule has 0 aliphatic heterocycles. The third-order valence-electron chi connectivity index (χ3n) is 2.55. The largest absolute Gasteiger partial charge is 0.461 e. The van der Waals surface area contributed by atoms with Crippen molar-refractivity contribution in [2.24, 2.45) is 5.92 Å². The first kappa shape index (κ1) is 15.5. The van der Waals surface area contributed by atoms with Gasteiger partial charge in [0.25, 0.3) is 0 Å². The van der Waals surface area contributed by atoms with Crippen molar-refractivity contribution in [2.45, 2.75) is 40.2 Å². The highest BCUT2D eigenvalue weighted by molar-refractivity contribution is 5.37. The van der Waals surface area contributed by atoms with Gasteiger partial charge in [-0.3, -0.25) is 0 Å². The van der Waals surface area contributed by atoms with Gasteiger partial charge in [0.2, 0.25) is 11.9 Å². The smallest absolute Gasteiger partial charge is 0.323 e. The lowest BCUT2D eigenvalue weighted by atomic mass is 10.1. The lowest BCUT2D eigenvalue weighted by Crippen LogP contribution is -2.23. The number of hydrogen-bond donors (Lipinski definition) is 1. The Kier molecular flexibility index (Phi) is 5.79. The molecule has 1 aromatic rings. The fourth-order valence-electron chi connectivity index (χ4n) is 1.44. The minimum atomic E-state index is 0.0425. The van der Waals surface area contributed by atoms with Crippen LogP contribution < -0.4 is 15.0 Å². The average Bonchev–Trinajstić information content (AvgIpc) is 2.34. The molecule has 6 nitrogen and oxygen atoms in total. The standard InChI is InChI=1S/C13H25N5O/c1-9(2)7-8-18(6)12-15-11(14-5)16-13(17-12)19-10(3)4/h9-10H,7-8H2,1-6H3,(H,14,15,16,17). The SMILES string of the molecule is CNc1nc(OC(C)C)nc(N(C)CCC(C)C)n1. The molecule has 1 N–H and O–H groups in total. The van der Waals surface area contributed by atoms with E-state index in [1.165, 1.54) is 0 Å². The maximum Gasteiger partial charge on any atom is 0.323 e. The van der Waals surface area contributed by atoms with Gasteiger partial charge in [-0.05, 0) is 26.2 Å². The molecular weight excluding hydrogens is 242 g/mol. The van der Waals surface area contributed by atoms with Crippen molar-refractivity contribution in [3.05, 3.63) is 0 Å². The van der Waals surface area contributed by atoms with Crippen LogP contribution in [0.2, 0.25) is 0 Å². The highest BCUT2D eigenvalue weighted by Crippen LogP contribution is 2.15. The van der Waals surface area contributed by atoms with Crippen LogP contribution in [-0.4, -0.2) is 41.7 Å². The predicted octanol–water partition coefficient (Wildman–Crippen LogP) is 2.18. The molecular formula is C13H25N5O. The molecule has 0 bridgehead atoms. The zero-order valence-corrected chi connectivity index (χ0v) is 12.8. The van der Waals surface area contributed by atoms with Crippen LogP contribution in [-0.2, 0) is 0 Å². The van der Waals surface area contributed by atoms with E-state index in [1.54, 1.807) is 7.05 Å². The fraction of sp³-hybridized carbons (Fsp3) is 0.769. The van der Waals surface area contributed by atoms with E-state index in [0.29, 0.717) is 23.8 Å². The lowest BCUT2D eigenvalue weighted by molar-refractivity contribution is 0.222. The van der Waals surface area contributed by atoms with E-state index in [1.807, 2.05) is 25.8 Å². The Bertz CT molecular complexity index is 395. The van der Waals surface area contributed by atoms with Gasteiger partial charge in [-0.15, -0.1) is 0 Å². The van der Waals surface area contributed by atoms with Crippen molar-refractivity contribution in [3.63, 3.8) is 0 Å². The van der Waals surface area contributed by atoms with E-state index in [2.05, 4.69) is 34.1 Å². The maximum absolute atomic E-state index is 5.54. The molecule has 0 atom stereocenters. The number of nitrogens with one attached hydrogen (secondary N) is 1. The van der Waals surface area contributed by atoms with E-state index >= 15 is 0 Å². The van der Waals surface area contributed by atoms with E-state index in [-0.39, 0.29) is 6.10 Å². The summed E-state index contributed by atoms with van der Waals surface area (Å²) >= 11 is 0. The number of nitrogens with zero attached hydrogens (tertiary/aromatic N) is 4. The van der Waals surface area contributed by atoms with Crippen LogP contribution in [0.15, 0.2) is 0 Å². The van der Waals surface area contributed by atoms with Gasteiger partial charge in [0.15, 0.2) is 0 Å². The lowest BCUT2D eigenvalue weighted by Gasteiger charge is -2.19. The predicted molar refractivity (Wildman–Crippen MR) is 77.9 cm³/mol. The van der Waals surface area contributed by atoms with Gasteiger partial charge in [0.1, 0.15) is 0 Å². The van der Waals surface area contributed by atoms with Crippen LogP contribution in [0.5, 0.6) is 6.01 Å². The van der Waals surface area contributed by atoms with Crippen LogP contribution >= 0.6 is 0 Å². The average molecular weight is 267 g/mol. The van der Waals surface area contributed by atoms with Gasteiger partial charge in [-0.1, -0.05) is 13.8 Å². The summed E-state index contributed by atoms with van der Waals surface area (Å²) in [6, 6.07) is 0.362. The molecule has 0 radical (unpaired) electrons. The molecule has 0 spiro atoms. The van der Waals surface area contributed by atoms with Crippen LogP contribution in [0.4, 0.5) is 11.9 Å². The minimum Gasteiger partial charge on any atom is -0.461 e. The summed E-state index contributed by atoms with van der Waals surface area (Å²) in [5.74, 6) is 1.81. The van der Waals surface area contributed by atoms with Crippen LogP contribution in [0.3, 0.4) is 0 Å². The number of rotatable bonds is 7. The molecule has 1 heterocycles. The maximum atomic E-state index is 5.54. The second-order valence-electron chi connectivity index (χ2n) is 5.26. The van der Waals surface area contributed by atoms with E-state index in [4.69, 9.17) is 4.74 Å². The Labute approximate surface area is 115 Å². The monoisotopic (exact) mass is 267 g/mol. The molecule has 0 aliphatic rings. The first-order valence-corrected chi connectivity index (χ1v) is 6.74. The molecule has 19 heavy (non-hydrogen) atoms. The minimum absolute atomic E-state index is 0.0425. The van der Waals surface area contributed by atoms with Gasteiger partial charge in [-0.2, -0.15) is 15.0 Å². The van der Waals surface area contributed by atoms with E-state index < -0.39 is 0 Å². The van der Waals surface area contributed by atoms with Gasteiger partial charge in [-0.25, -0.2) is 0 Å². The fourth-order valence-corrected chi connectivity index (χ4v) is 1.44. The van der Waals surface area contributed by atoms with Crippen molar-refractivity contribution in [2.75, 3.05) is 30.9 Å². The first-order valence-electron chi connectivity index (χ1n) is 6.74. The Hall–Kier alpha value is -1.59. The highest BCUT2D eigenvalue weighted by atomic mass is 16.5. The summed E-state index contributed by atoms with van der Waals surface area (Å²) < 4.78 is 5.54. The second kappa shape index (κ2) is 7.11. The van der Waals surface area contributed by atoms with Gasteiger partial charge in [0, 0.05) is 20.6 Å². The molecule has 0 unspecified atom stereocenters. The Morgan fingerprint density at radius 1 is 1.16 bits per heavy atom. The van der Waals surface area contributed by atoms with Crippen molar-refractivity contribution in [3.8, 4) is 6.01 Å². The van der Waals surface area contributed by atoms with Gasteiger partial charge >= 0.3 is 6.01 Å². The van der Waals surface area contributed by atoms with Crippen molar-refractivity contribution in [1.82, 2.24) is 15.0 Å². The number of ether oxygens (including phenoxy) is 1. The molecule has 6 heteroatoms. The molecule has 0 amide bonds. The zero-order valence-electron chi connectivity index (χ0n) is 12.8. The second-order valence-corrected chi connectivity index (χ2v) is 5.26. The Morgan fingerprint density at radius 3 is 2.37 bits per heavy atom. The van der Waals surface area contributed by atoms with Crippen molar-refractivity contribution >= 4 is 11.9 Å². The van der Waals surface area contributed by atoms with Crippen LogP contribution in [0.1, 0.15) is 34.1 Å². The summed E-state index contributed by atoms with van der Waals surface area (Å²) in [7, 11) is 3.77. The van der Waals surface area contributed by atoms with E-state index in [9.17, 15) is 0 Å². The third-order valence-corrected chi connectivity index (χ3v) is 2.55. The highest BCUT2D eigenvalue weighted by Gasteiger charge is 2.12. The molecule has 0 fully saturated rings. The number of aromatic nitrogens is 3. The summed E-state index contributed by atoms with van der Waals surface area (Å²) in [4.78, 5) is 14.9. The van der Waals surface area contributed by atoms with Gasteiger partial charge in [0.05, 0.1) is 6.10 Å². The normalized spacial score (nSPS) is 10.9. The Morgan fingerprint density at radius 2 is 1.84 bits per heavy atom. The summed E-state index contributed by atoms with van der Waals surface area (Å²) in [6.07, 6.45) is 1.14. The van der Waals surface area contributed by atoms with Crippen LogP contribution in [0.25, 0.3) is 0 Å². The topological polar surface area (TPSA) is 63.2 Å². The zero-order chi connectivity index (χ0) is 14.4.